The number of aromatic nitrogens is 3. The normalized spacial score (nSPS) is 16.2. The standard InChI is InChI=1S/C34H37Cl2N7O4/c1-42-27-11-13-43(14-15-44)19-26(27)40-33(42)34(46)41-25-5-3-4-23(30(25)35)24-10-12-38-32(31(24)36)20-6-7-21(28(16-20)47-2)17-37-18-22-8-9-29(45)39-22/h3-7,10,12,16,22,37,44H,8-9,11,13-15,17-19H2,1-2H3,(H,39,45)(H,41,46)/t22-/m1/s1. The highest BCUT2D eigenvalue weighted by atomic mass is 35.5. The fourth-order valence-electron chi connectivity index (χ4n) is 6.23. The van der Waals surface area contributed by atoms with Crippen molar-refractivity contribution in [3.05, 3.63) is 81.5 Å². The second-order valence-corrected chi connectivity index (χ2v) is 12.5. The van der Waals surface area contributed by atoms with E-state index >= 15 is 0 Å². The molecule has 0 bridgehead atoms. The molecule has 11 nitrogen and oxygen atoms in total. The monoisotopic (exact) mass is 677 g/mol. The SMILES string of the molecule is COc1cc(-c2nccc(-c3cccc(NC(=O)c4nc5c(n4C)CCN(CCO)C5)c3Cl)c2Cl)ccc1CNC[C@H]1CCC(=O)N1. The summed E-state index contributed by atoms with van der Waals surface area (Å²) in [6.45, 7) is 3.29. The maximum Gasteiger partial charge on any atom is 0.291 e. The summed E-state index contributed by atoms with van der Waals surface area (Å²) in [5.41, 5.74) is 5.90. The van der Waals surface area contributed by atoms with E-state index in [-0.39, 0.29) is 24.5 Å². The molecular weight excluding hydrogens is 641 g/mol. The largest absolute Gasteiger partial charge is 0.496 e. The highest BCUT2D eigenvalue weighted by molar-refractivity contribution is 6.39. The maximum absolute atomic E-state index is 13.4. The van der Waals surface area contributed by atoms with Crippen LogP contribution < -0.4 is 20.7 Å². The zero-order valence-electron chi connectivity index (χ0n) is 26.3. The number of methoxy groups -OCH3 is 1. The van der Waals surface area contributed by atoms with E-state index in [0.29, 0.717) is 76.7 Å². The van der Waals surface area contributed by atoms with Crippen molar-refractivity contribution in [2.75, 3.05) is 38.7 Å². The minimum atomic E-state index is -0.370. The van der Waals surface area contributed by atoms with Crippen molar-refractivity contribution in [3.63, 3.8) is 0 Å². The maximum atomic E-state index is 13.4. The van der Waals surface area contributed by atoms with Crippen molar-refractivity contribution in [2.45, 2.75) is 38.4 Å². The second-order valence-electron chi connectivity index (χ2n) is 11.7. The number of carbonyl (C=O) groups is 2. The molecule has 0 radical (unpaired) electrons. The molecule has 6 rings (SSSR count). The Hall–Kier alpha value is -4.00. The summed E-state index contributed by atoms with van der Waals surface area (Å²) in [4.78, 5) is 36.2. The van der Waals surface area contributed by atoms with Crippen molar-refractivity contribution in [1.29, 1.82) is 0 Å². The van der Waals surface area contributed by atoms with Gasteiger partial charge < -0.3 is 30.4 Å². The summed E-state index contributed by atoms with van der Waals surface area (Å²) in [5, 5.41) is 19.4. The summed E-state index contributed by atoms with van der Waals surface area (Å²) < 4.78 is 7.53. The molecule has 4 N–H and O–H groups in total. The van der Waals surface area contributed by atoms with E-state index in [0.717, 1.165) is 41.9 Å². The van der Waals surface area contributed by atoms with Gasteiger partial charge in [0, 0.05) is 92.8 Å². The van der Waals surface area contributed by atoms with Crippen LogP contribution in [0.1, 0.15) is 40.4 Å². The van der Waals surface area contributed by atoms with Gasteiger partial charge in [-0.15, -0.1) is 0 Å². The van der Waals surface area contributed by atoms with Gasteiger partial charge in [0.05, 0.1) is 40.8 Å². The van der Waals surface area contributed by atoms with Gasteiger partial charge in [-0.25, -0.2) is 4.98 Å². The average molecular weight is 679 g/mol. The summed E-state index contributed by atoms with van der Waals surface area (Å²) in [6.07, 6.45) is 3.83. The number of ether oxygens (including phenoxy) is 1. The van der Waals surface area contributed by atoms with E-state index in [9.17, 15) is 14.7 Å². The number of pyridine rings is 1. The number of nitrogens with zero attached hydrogens (tertiary/aromatic N) is 4. The number of imidazole rings is 1. The molecule has 0 saturated carbocycles. The molecule has 0 unspecified atom stereocenters. The second kappa shape index (κ2) is 14.4. The minimum Gasteiger partial charge on any atom is -0.496 e. The Bertz CT molecular complexity index is 1810. The number of fused-ring (bicyclic) bond motifs is 1. The van der Waals surface area contributed by atoms with Gasteiger partial charge in [0.25, 0.3) is 5.91 Å². The first kappa shape index (κ1) is 32.9. The molecular formula is C34H37Cl2N7O4. The highest BCUT2D eigenvalue weighted by Crippen LogP contribution is 2.41. The molecule has 1 atom stereocenters. The topological polar surface area (TPSA) is 134 Å². The molecule has 47 heavy (non-hydrogen) atoms. The minimum absolute atomic E-state index is 0.0790. The number of β-amino-alcohol motifs (C(OH)–C–C–N with tert-alkyl or cyclic N) is 1. The molecule has 2 amide bonds. The number of rotatable bonds is 11. The van der Waals surface area contributed by atoms with Crippen LogP contribution in [0.2, 0.25) is 10.0 Å². The fraction of sp³-hybridized carbons (Fsp3) is 0.353. The number of benzene rings is 2. The number of aliphatic hydroxyl groups is 1. The van der Waals surface area contributed by atoms with Crippen molar-refractivity contribution < 1.29 is 19.4 Å². The third kappa shape index (κ3) is 7.00. The quantitative estimate of drug-likeness (QED) is 0.183. The van der Waals surface area contributed by atoms with Crippen LogP contribution in [-0.4, -0.2) is 75.7 Å². The smallest absolute Gasteiger partial charge is 0.291 e. The number of nitrogens with one attached hydrogen (secondary N) is 3. The van der Waals surface area contributed by atoms with Gasteiger partial charge >= 0.3 is 0 Å². The predicted molar refractivity (Wildman–Crippen MR) is 182 cm³/mol. The number of amides is 2. The number of hydrogen-bond donors (Lipinski definition) is 4. The van der Waals surface area contributed by atoms with Crippen molar-refractivity contribution in [3.8, 4) is 28.1 Å². The predicted octanol–water partition coefficient (Wildman–Crippen LogP) is 4.44. The summed E-state index contributed by atoms with van der Waals surface area (Å²) in [5.74, 6) is 0.710. The highest BCUT2D eigenvalue weighted by Gasteiger charge is 2.26. The van der Waals surface area contributed by atoms with E-state index in [4.69, 9.17) is 27.9 Å². The molecule has 1 fully saturated rings. The Morgan fingerprint density at radius 3 is 2.74 bits per heavy atom. The Morgan fingerprint density at radius 2 is 1.98 bits per heavy atom. The number of aliphatic hydroxyl groups excluding tert-OH is 1. The zero-order valence-corrected chi connectivity index (χ0v) is 27.8. The molecule has 2 aliphatic rings. The molecule has 13 heteroatoms. The van der Waals surface area contributed by atoms with Crippen LogP contribution in [-0.2, 0) is 31.4 Å². The van der Waals surface area contributed by atoms with Gasteiger partial charge in [0.15, 0.2) is 5.82 Å². The molecule has 4 heterocycles. The molecule has 2 aliphatic heterocycles. The lowest BCUT2D eigenvalue weighted by atomic mass is 10.0. The fourth-order valence-corrected chi connectivity index (χ4v) is 6.83. The molecule has 0 aliphatic carbocycles. The van der Waals surface area contributed by atoms with Gasteiger partial charge in [0.2, 0.25) is 5.91 Å². The number of hydrogen-bond acceptors (Lipinski definition) is 8. The van der Waals surface area contributed by atoms with Gasteiger partial charge in [0.1, 0.15) is 5.75 Å². The molecule has 246 valence electrons. The lowest BCUT2D eigenvalue weighted by Crippen LogP contribution is -2.35. The molecule has 2 aromatic carbocycles. The van der Waals surface area contributed by atoms with Crippen LogP contribution in [0.4, 0.5) is 5.69 Å². The summed E-state index contributed by atoms with van der Waals surface area (Å²) >= 11 is 13.9. The van der Waals surface area contributed by atoms with Crippen LogP contribution in [0, 0.1) is 0 Å². The van der Waals surface area contributed by atoms with Gasteiger partial charge in [-0.1, -0.05) is 47.5 Å². The lowest BCUT2D eigenvalue weighted by Gasteiger charge is -2.25. The van der Waals surface area contributed by atoms with Gasteiger partial charge in [-0.2, -0.15) is 0 Å². The molecule has 2 aromatic heterocycles. The third-order valence-electron chi connectivity index (χ3n) is 8.73. The first-order valence-corrected chi connectivity index (χ1v) is 16.3. The summed E-state index contributed by atoms with van der Waals surface area (Å²) in [7, 11) is 3.46. The van der Waals surface area contributed by atoms with E-state index in [1.54, 1.807) is 25.4 Å². The van der Waals surface area contributed by atoms with Crippen LogP contribution >= 0.6 is 23.2 Å². The molecule has 4 aromatic rings. The molecule has 1 saturated heterocycles. The van der Waals surface area contributed by atoms with Gasteiger partial charge in [-0.3, -0.25) is 19.5 Å². The Morgan fingerprint density at radius 1 is 1.15 bits per heavy atom. The van der Waals surface area contributed by atoms with E-state index in [1.807, 2.05) is 41.9 Å². The average Bonchev–Trinajstić information content (AvgIpc) is 3.64. The van der Waals surface area contributed by atoms with E-state index < -0.39 is 0 Å². The Labute approximate surface area is 283 Å². The van der Waals surface area contributed by atoms with Crippen molar-refractivity contribution >= 4 is 40.7 Å². The van der Waals surface area contributed by atoms with E-state index in [1.165, 1.54) is 0 Å². The third-order valence-corrected chi connectivity index (χ3v) is 9.52. The summed E-state index contributed by atoms with van der Waals surface area (Å²) in [6, 6.07) is 13.2. The number of halogens is 2. The first-order chi connectivity index (χ1) is 22.8. The molecule has 0 spiro atoms. The van der Waals surface area contributed by atoms with Crippen LogP contribution in [0.15, 0.2) is 48.7 Å². The van der Waals surface area contributed by atoms with Crippen LogP contribution in [0.5, 0.6) is 5.75 Å². The lowest BCUT2D eigenvalue weighted by molar-refractivity contribution is -0.119. The zero-order chi connectivity index (χ0) is 33.1. The van der Waals surface area contributed by atoms with Crippen LogP contribution in [0.25, 0.3) is 22.4 Å². The van der Waals surface area contributed by atoms with Crippen molar-refractivity contribution in [1.82, 2.24) is 30.1 Å². The number of anilines is 1. The Balaban J connectivity index is 1.20. The number of carbonyl (C=O) groups excluding carboxylic acids is 2. The van der Waals surface area contributed by atoms with Gasteiger partial charge in [-0.05, 0) is 24.6 Å². The van der Waals surface area contributed by atoms with Crippen molar-refractivity contribution in [2.24, 2.45) is 7.05 Å². The van der Waals surface area contributed by atoms with E-state index in [2.05, 4.69) is 30.8 Å². The first-order valence-electron chi connectivity index (χ1n) is 15.6. The Kier molecular flexibility index (Phi) is 10.1. The van der Waals surface area contributed by atoms with Crippen LogP contribution in [0.3, 0.4) is 0 Å².